The molecule has 1 aromatic carbocycles. The Balaban J connectivity index is 1.54. The molecule has 18 heteroatoms. The zero-order valence-corrected chi connectivity index (χ0v) is 21.3. The lowest BCUT2D eigenvalue weighted by Crippen LogP contribution is -2.31. The number of benzene rings is 1. The number of rotatable bonds is 8. The summed E-state index contributed by atoms with van der Waals surface area (Å²) in [7, 11) is 0. The minimum Gasteiger partial charge on any atom is -0.380 e. The number of nitrogens with zero attached hydrogens (tertiary/aromatic N) is 4. The minimum absolute atomic E-state index is 0.156. The van der Waals surface area contributed by atoms with Crippen LogP contribution in [-0.2, 0) is 18.9 Å². The number of pyridine rings is 1. The summed E-state index contributed by atoms with van der Waals surface area (Å²) in [6, 6.07) is 1.68. The number of aryl methyl sites for hydroxylation is 1. The number of alkyl halides is 9. The Kier molecular flexibility index (Phi) is 8.51. The van der Waals surface area contributed by atoms with Gasteiger partial charge in [0.05, 0.1) is 34.8 Å². The highest BCUT2D eigenvalue weighted by Gasteiger charge is 2.39. The maximum absolute atomic E-state index is 14.8. The summed E-state index contributed by atoms with van der Waals surface area (Å²) < 4.78 is 134. The van der Waals surface area contributed by atoms with Crippen LogP contribution in [-0.4, -0.2) is 37.0 Å². The Morgan fingerprint density at radius 1 is 0.930 bits per heavy atom. The van der Waals surface area contributed by atoms with Gasteiger partial charge in [-0.3, -0.25) is 9.59 Å². The molecule has 4 aromatic rings. The zero-order valence-electron chi connectivity index (χ0n) is 21.3. The molecule has 0 aliphatic rings. The number of aromatic nitrogens is 5. The van der Waals surface area contributed by atoms with Gasteiger partial charge in [-0.25, -0.2) is 19.5 Å². The molecule has 0 radical (unpaired) electrons. The van der Waals surface area contributed by atoms with Crippen LogP contribution in [0, 0.1) is 5.82 Å². The highest BCUT2D eigenvalue weighted by atomic mass is 19.4. The van der Waals surface area contributed by atoms with Crippen LogP contribution in [0.4, 0.5) is 49.6 Å². The minimum atomic E-state index is -5.19. The molecule has 2 N–H and O–H groups in total. The van der Waals surface area contributed by atoms with E-state index in [1.54, 1.807) is 5.10 Å². The average molecular weight is 624 g/mol. The second-order valence-corrected chi connectivity index (χ2v) is 9.32. The fourth-order valence-corrected chi connectivity index (χ4v) is 4.29. The number of aromatic amines is 1. The lowest BCUT2D eigenvalue weighted by molar-refractivity contribution is -0.139. The van der Waals surface area contributed by atoms with E-state index in [1.165, 1.54) is 12.3 Å². The monoisotopic (exact) mass is 624 g/mol. The van der Waals surface area contributed by atoms with Gasteiger partial charge in [-0.1, -0.05) is 0 Å². The molecule has 3 aromatic heterocycles. The topological polar surface area (TPSA) is 106 Å². The Morgan fingerprint density at radius 2 is 1.60 bits per heavy atom. The Morgan fingerprint density at radius 3 is 2.21 bits per heavy atom. The lowest BCUT2D eigenvalue weighted by atomic mass is 10.1. The van der Waals surface area contributed by atoms with E-state index in [0.29, 0.717) is 18.6 Å². The first kappa shape index (κ1) is 31.4. The third-order valence-corrected chi connectivity index (χ3v) is 6.21. The number of H-pyrrole nitrogens is 1. The summed E-state index contributed by atoms with van der Waals surface area (Å²) >= 11 is 0. The number of fused-ring (bicyclic) bond motifs is 1. The van der Waals surface area contributed by atoms with Crippen LogP contribution in [0.1, 0.15) is 30.4 Å². The zero-order chi connectivity index (χ0) is 31.7. The van der Waals surface area contributed by atoms with Gasteiger partial charge in [0.25, 0.3) is 11.1 Å². The van der Waals surface area contributed by atoms with Crippen molar-refractivity contribution in [1.82, 2.24) is 24.7 Å². The molecule has 4 rings (SSSR count). The highest BCUT2D eigenvalue weighted by Crippen LogP contribution is 2.34. The molecule has 43 heavy (non-hydrogen) atoms. The van der Waals surface area contributed by atoms with E-state index in [9.17, 15) is 53.5 Å². The second-order valence-electron chi connectivity index (χ2n) is 9.32. The predicted octanol–water partition coefficient (Wildman–Crippen LogP) is 5.93. The van der Waals surface area contributed by atoms with Gasteiger partial charge in [0.2, 0.25) is 0 Å². The van der Waals surface area contributed by atoms with Crippen LogP contribution in [0.15, 0.2) is 52.6 Å². The molecule has 0 aliphatic heterocycles. The summed E-state index contributed by atoms with van der Waals surface area (Å²) in [6.07, 6.45) is -14.1. The molecule has 3 heterocycles. The molecule has 230 valence electrons. The van der Waals surface area contributed by atoms with Crippen LogP contribution in [0.5, 0.6) is 0 Å². The van der Waals surface area contributed by atoms with Crippen molar-refractivity contribution in [3.8, 4) is 11.4 Å². The van der Waals surface area contributed by atoms with Crippen LogP contribution >= 0.6 is 0 Å². The number of nitrogens with one attached hydrogen (secondary N) is 2. The fraction of sp³-hybridized carbons (Fsp3) is 0.320. The smallest absolute Gasteiger partial charge is 0.380 e. The van der Waals surface area contributed by atoms with Crippen molar-refractivity contribution in [2.45, 2.75) is 50.4 Å². The Bertz CT molecular complexity index is 1730. The fourth-order valence-electron chi connectivity index (χ4n) is 4.29. The molecule has 0 amide bonds. The number of anilines is 1. The van der Waals surface area contributed by atoms with Crippen LogP contribution < -0.4 is 16.4 Å². The summed E-state index contributed by atoms with van der Waals surface area (Å²) in [6.45, 7) is -0.212. The maximum Gasteiger partial charge on any atom is 0.423 e. The van der Waals surface area contributed by atoms with Crippen molar-refractivity contribution in [1.29, 1.82) is 0 Å². The van der Waals surface area contributed by atoms with Crippen molar-refractivity contribution in [3.63, 3.8) is 0 Å². The van der Waals surface area contributed by atoms with E-state index in [1.807, 2.05) is 0 Å². The lowest BCUT2D eigenvalue weighted by Gasteiger charge is -2.23. The number of hydrogen-bond donors (Lipinski definition) is 2. The standard InChI is InChI=1S/C25H18F10N6O2/c26-17-7-15-12(6-16(17)20-36-9-13(10-37-20)24(30,31)32)3-5-41(22(15)43)4-1-2-14(8-23(27,28)29)39-18-11-38-40-21(42)19(18)25(33,34)35/h3,5-7,9-11,14H,1-2,4,8H2,(H2,39,40,42). The first-order chi connectivity index (χ1) is 19.9. The summed E-state index contributed by atoms with van der Waals surface area (Å²) in [5.74, 6) is -1.40. The average Bonchev–Trinajstić information content (AvgIpc) is 2.88. The van der Waals surface area contributed by atoms with Gasteiger partial charge in [-0.05, 0) is 36.4 Å². The van der Waals surface area contributed by atoms with Gasteiger partial charge < -0.3 is 9.88 Å². The van der Waals surface area contributed by atoms with E-state index in [0.717, 1.165) is 16.7 Å². The van der Waals surface area contributed by atoms with E-state index in [2.05, 4.69) is 20.4 Å². The van der Waals surface area contributed by atoms with E-state index < -0.39 is 71.2 Å². The third kappa shape index (κ3) is 7.47. The number of halogens is 10. The van der Waals surface area contributed by atoms with Crippen molar-refractivity contribution >= 4 is 16.5 Å². The van der Waals surface area contributed by atoms with Gasteiger partial charge in [-0.2, -0.15) is 44.6 Å². The number of hydrogen-bond acceptors (Lipinski definition) is 6. The third-order valence-electron chi connectivity index (χ3n) is 6.21. The molecule has 1 atom stereocenters. The van der Waals surface area contributed by atoms with Crippen LogP contribution in [0.25, 0.3) is 22.2 Å². The molecule has 8 nitrogen and oxygen atoms in total. The van der Waals surface area contributed by atoms with Gasteiger partial charge in [0.1, 0.15) is 11.4 Å². The molecule has 0 spiro atoms. The van der Waals surface area contributed by atoms with E-state index in [-0.39, 0.29) is 35.1 Å². The second kappa shape index (κ2) is 11.6. The first-order valence-corrected chi connectivity index (χ1v) is 12.1. The maximum atomic E-state index is 14.8. The van der Waals surface area contributed by atoms with Gasteiger partial charge in [0, 0.05) is 31.2 Å². The van der Waals surface area contributed by atoms with Crippen LogP contribution in [0.3, 0.4) is 0 Å². The van der Waals surface area contributed by atoms with Gasteiger partial charge >= 0.3 is 18.5 Å². The highest BCUT2D eigenvalue weighted by molar-refractivity contribution is 5.86. The summed E-state index contributed by atoms with van der Waals surface area (Å²) in [5, 5.41) is 6.88. The Hall–Kier alpha value is -4.51. The van der Waals surface area contributed by atoms with Crippen molar-refractivity contribution in [3.05, 3.63) is 80.6 Å². The Labute approximate surface area is 233 Å². The molecular weight excluding hydrogens is 606 g/mol. The van der Waals surface area contributed by atoms with Gasteiger partial charge in [-0.15, -0.1) is 0 Å². The normalized spacial score (nSPS) is 13.3. The molecule has 0 saturated carbocycles. The first-order valence-electron chi connectivity index (χ1n) is 12.1. The molecule has 0 fully saturated rings. The molecule has 0 saturated heterocycles. The summed E-state index contributed by atoms with van der Waals surface area (Å²) in [4.78, 5) is 31.7. The quantitative estimate of drug-likeness (QED) is 0.236. The van der Waals surface area contributed by atoms with Crippen molar-refractivity contribution < 1.29 is 43.9 Å². The molecule has 1 unspecified atom stereocenters. The largest absolute Gasteiger partial charge is 0.423 e. The van der Waals surface area contributed by atoms with Crippen molar-refractivity contribution in [2.75, 3.05) is 5.32 Å². The summed E-state index contributed by atoms with van der Waals surface area (Å²) in [5.41, 5.74) is -6.53. The van der Waals surface area contributed by atoms with Gasteiger partial charge in [0.15, 0.2) is 5.82 Å². The molecular formula is C25H18F10N6O2. The van der Waals surface area contributed by atoms with E-state index >= 15 is 0 Å². The SMILES string of the molecule is O=c1[nH]ncc(NC(CCCn2ccc3cc(-c4ncc(C(F)(F)F)cn4)c(F)cc3c2=O)CC(F)(F)F)c1C(F)(F)F. The van der Waals surface area contributed by atoms with Crippen molar-refractivity contribution in [2.24, 2.45) is 0 Å². The predicted molar refractivity (Wildman–Crippen MR) is 131 cm³/mol. The molecule has 0 bridgehead atoms. The van der Waals surface area contributed by atoms with Crippen LogP contribution in [0.2, 0.25) is 0 Å². The molecule has 0 aliphatic carbocycles. The van der Waals surface area contributed by atoms with E-state index in [4.69, 9.17) is 0 Å².